The lowest BCUT2D eigenvalue weighted by molar-refractivity contribution is -0.0510. The van der Waals surface area contributed by atoms with E-state index in [1.807, 2.05) is 27.7 Å². The van der Waals surface area contributed by atoms with Gasteiger partial charge in [-0.3, -0.25) is 4.55 Å². The molecule has 0 radical (unpaired) electrons. The van der Waals surface area contributed by atoms with E-state index in [9.17, 15) is 13.2 Å². The summed E-state index contributed by atoms with van der Waals surface area (Å²) < 4.78 is 74.4. The number of halogens is 3. The van der Waals surface area contributed by atoms with E-state index in [1.165, 1.54) is 0 Å². The monoisotopic (exact) mass is 371 g/mol. The first kappa shape index (κ1) is 24.0. The molecule has 0 aliphatic carbocycles. The second-order valence-electron chi connectivity index (χ2n) is 3.84. The Morgan fingerprint density at radius 2 is 1.32 bits per heavy atom. The first-order chi connectivity index (χ1) is 9.91. The van der Waals surface area contributed by atoms with Crippen LogP contribution in [-0.4, -0.2) is 52.8 Å². The summed E-state index contributed by atoms with van der Waals surface area (Å²) in [6.45, 7) is 9.57. The number of alkyl halides is 3. The summed E-state index contributed by atoms with van der Waals surface area (Å²) in [5, 5.41) is 0. The Balaban J connectivity index is 0. The minimum absolute atomic E-state index is 0.123. The van der Waals surface area contributed by atoms with Crippen LogP contribution in [0.1, 0.15) is 34.1 Å². The van der Waals surface area contributed by atoms with Crippen LogP contribution in [-0.2, 0) is 23.4 Å². The highest BCUT2D eigenvalue weighted by molar-refractivity contribution is 7.86. The van der Waals surface area contributed by atoms with Crippen molar-refractivity contribution in [2.24, 2.45) is 5.73 Å². The molecule has 0 saturated heterocycles. The Morgan fingerprint density at radius 1 is 1.05 bits per heavy atom. The molecule has 0 aliphatic heterocycles. The van der Waals surface area contributed by atoms with E-state index in [-0.39, 0.29) is 5.67 Å². The molecule has 12 heteroatoms. The summed E-state index contributed by atoms with van der Waals surface area (Å²) in [7, 11) is -8.46. The molecule has 0 rings (SSSR count). The highest BCUT2D eigenvalue weighted by atomic mass is 32.2. The Bertz CT molecular complexity index is 376. The van der Waals surface area contributed by atoms with Crippen molar-refractivity contribution in [3.05, 3.63) is 0 Å². The lowest BCUT2D eigenvalue weighted by atomic mass is 10.5. The molecule has 0 aromatic rings. The molecule has 136 valence electrons. The van der Waals surface area contributed by atoms with Crippen molar-refractivity contribution in [3.8, 4) is 0 Å². The van der Waals surface area contributed by atoms with Gasteiger partial charge in [0.1, 0.15) is 0 Å². The fourth-order valence-corrected chi connectivity index (χ4v) is 3.90. The summed E-state index contributed by atoms with van der Waals surface area (Å²) in [4.78, 5) is 0. The van der Waals surface area contributed by atoms with Crippen LogP contribution in [0.4, 0.5) is 13.2 Å². The van der Waals surface area contributed by atoms with Gasteiger partial charge in [0, 0.05) is 19.8 Å². The van der Waals surface area contributed by atoms with Crippen LogP contribution in [0.5, 0.6) is 0 Å². The fraction of sp³-hybridized carbons (Fsp3) is 1.00. The first-order valence-corrected chi connectivity index (χ1v) is 9.87. The van der Waals surface area contributed by atoms with Crippen LogP contribution < -0.4 is 5.73 Å². The summed E-state index contributed by atoms with van der Waals surface area (Å²) in [5.74, 6) is 0. The maximum Gasteiger partial charge on any atom is 0.522 e. The molecule has 7 nitrogen and oxygen atoms in total. The van der Waals surface area contributed by atoms with Gasteiger partial charge >= 0.3 is 24.4 Å². The average Bonchev–Trinajstić information content (AvgIpc) is 2.37. The zero-order valence-corrected chi connectivity index (χ0v) is 14.8. The topological polar surface area (TPSA) is 108 Å². The lowest BCUT2D eigenvalue weighted by Crippen LogP contribution is -2.60. The summed E-state index contributed by atoms with van der Waals surface area (Å²) in [6.07, 6.45) is 0.812. The normalized spacial score (nSPS) is 14.2. The predicted octanol–water partition coefficient (Wildman–Crippen LogP) is 1.71. The van der Waals surface area contributed by atoms with Gasteiger partial charge in [0.25, 0.3) is 0 Å². The summed E-state index contributed by atoms with van der Waals surface area (Å²) in [6, 6.07) is 0. The van der Waals surface area contributed by atoms with Crippen molar-refractivity contribution in [2.75, 3.05) is 19.8 Å². The molecule has 0 aliphatic rings. The molecule has 1 unspecified atom stereocenters. The minimum atomic E-state index is -5.84. The van der Waals surface area contributed by atoms with Gasteiger partial charge in [-0.2, -0.15) is 21.6 Å². The summed E-state index contributed by atoms with van der Waals surface area (Å²) in [5.41, 5.74) is 0.340. The number of hydrogen-bond acceptors (Lipinski definition) is 6. The lowest BCUT2D eigenvalue weighted by Gasteiger charge is -2.32. The maximum atomic E-state index is 10.7. The van der Waals surface area contributed by atoms with Gasteiger partial charge in [-0.15, -0.1) is 0 Å². The molecule has 0 fully saturated rings. The zero-order valence-electron chi connectivity index (χ0n) is 13.0. The summed E-state index contributed by atoms with van der Waals surface area (Å²) >= 11 is 0. The highest BCUT2D eigenvalue weighted by Gasteiger charge is 2.46. The van der Waals surface area contributed by atoms with Gasteiger partial charge in [-0.05, 0) is 27.2 Å². The third-order valence-corrected chi connectivity index (χ3v) is 6.20. The van der Waals surface area contributed by atoms with E-state index >= 15 is 0 Å². The van der Waals surface area contributed by atoms with Crippen molar-refractivity contribution in [2.45, 2.75) is 45.3 Å². The van der Waals surface area contributed by atoms with E-state index in [0.717, 1.165) is 6.42 Å². The van der Waals surface area contributed by atoms with E-state index in [1.54, 1.807) is 0 Å². The Morgan fingerprint density at radius 3 is 1.45 bits per heavy atom. The maximum absolute atomic E-state index is 10.7. The second-order valence-corrected chi connectivity index (χ2v) is 8.07. The van der Waals surface area contributed by atoms with Gasteiger partial charge in [-0.1, -0.05) is 6.92 Å². The third kappa shape index (κ3) is 8.41. The molecule has 0 amide bonds. The van der Waals surface area contributed by atoms with E-state index in [2.05, 4.69) is 0 Å². The van der Waals surface area contributed by atoms with Crippen LogP contribution >= 0.6 is 0 Å². The molecule has 0 aromatic carbocycles. The van der Waals surface area contributed by atoms with Crippen LogP contribution in [0.25, 0.3) is 0 Å². The van der Waals surface area contributed by atoms with Crippen molar-refractivity contribution in [1.82, 2.24) is 0 Å². The zero-order chi connectivity index (χ0) is 18.0. The third-order valence-electron chi connectivity index (χ3n) is 2.22. The molecule has 1 atom stereocenters. The smallest absolute Gasteiger partial charge is 0.373 e. The molecule has 0 aromatic heterocycles. The predicted molar refractivity (Wildman–Crippen MR) is 76.5 cm³/mol. The molecule has 0 bridgehead atoms. The molecular weight excluding hydrogens is 347 g/mol. The Labute approximate surface area is 130 Å². The molecular formula is C10H24F3NO6SSi. The van der Waals surface area contributed by atoms with Gasteiger partial charge in [0.05, 0.1) is 5.67 Å². The van der Waals surface area contributed by atoms with Crippen LogP contribution in [0, 0.1) is 0 Å². The fourth-order valence-electron chi connectivity index (χ4n) is 1.30. The van der Waals surface area contributed by atoms with Crippen molar-refractivity contribution in [3.63, 3.8) is 0 Å². The standard InChI is InChI=1S/C9H23NO3Si.CHF3O3S/c1-5-9(10)14(11-6-2,12-7-3)13-8-4;2-1(3,4)8(5,6)7/h9H,5-8,10H2,1-4H3;(H,5,6,7). The quantitative estimate of drug-likeness (QED) is 0.380. The second kappa shape index (κ2) is 10.5. The van der Waals surface area contributed by atoms with Crippen molar-refractivity contribution >= 4 is 18.9 Å². The first-order valence-electron chi connectivity index (χ1n) is 6.62. The van der Waals surface area contributed by atoms with E-state index in [4.69, 9.17) is 32.0 Å². The largest absolute Gasteiger partial charge is 0.522 e. The van der Waals surface area contributed by atoms with Crippen LogP contribution in [0.2, 0.25) is 0 Å². The SMILES string of the molecule is CCO[Si](OCC)(OCC)C(N)CC.O=S(=O)(O)C(F)(F)F. The number of nitrogens with two attached hydrogens (primary N) is 1. The minimum Gasteiger partial charge on any atom is -0.373 e. The van der Waals surface area contributed by atoms with Gasteiger partial charge < -0.3 is 19.0 Å². The van der Waals surface area contributed by atoms with Gasteiger partial charge in [0.2, 0.25) is 0 Å². The number of rotatable bonds is 8. The van der Waals surface area contributed by atoms with Crippen molar-refractivity contribution < 1.29 is 39.4 Å². The molecule has 0 heterocycles. The van der Waals surface area contributed by atoms with Crippen LogP contribution in [0.15, 0.2) is 0 Å². The molecule has 22 heavy (non-hydrogen) atoms. The highest BCUT2D eigenvalue weighted by Crippen LogP contribution is 2.20. The Kier molecular flexibility index (Phi) is 11.5. The molecule has 0 spiro atoms. The van der Waals surface area contributed by atoms with Gasteiger partial charge in [0.15, 0.2) is 0 Å². The van der Waals surface area contributed by atoms with E-state index < -0.39 is 24.4 Å². The number of hydrogen-bond donors (Lipinski definition) is 2. The van der Waals surface area contributed by atoms with E-state index in [0.29, 0.717) is 19.8 Å². The van der Waals surface area contributed by atoms with Gasteiger partial charge in [-0.25, -0.2) is 0 Å². The molecule has 0 saturated carbocycles. The Hall–Kier alpha value is -0.243. The molecule has 3 N–H and O–H groups in total. The van der Waals surface area contributed by atoms with Crippen molar-refractivity contribution in [1.29, 1.82) is 0 Å². The van der Waals surface area contributed by atoms with Crippen LogP contribution in [0.3, 0.4) is 0 Å². The average molecular weight is 371 g/mol.